The summed E-state index contributed by atoms with van der Waals surface area (Å²) in [5, 5.41) is 49.0. The monoisotopic (exact) mass is 1820 g/mol. The van der Waals surface area contributed by atoms with Gasteiger partial charge in [-0.05, 0) is 311 Å². The molecule has 4 aliphatic heterocycles. The number of likely N-dealkylation sites (tertiary alicyclic amines) is 4. The van der Waals surface area contributed by atoms with Crippen molar-refractivity contribution in [2.45, 2.75) is 221 Å². The Balaban J connectivity index is 0.000000145. The van der Waals surface area contributed by atoms with Crippen molar-refractivity contribution in [3.63, 3.8) is 0 Å². The van der Waals surface area contributed by atoms with Crippen LogP contribution in [0.5, 0.6) is 0 Å². The molecule has 16 nitrogen and oxygen atoms in total. The molecule has 4 N–H and O–H groups in total. The predicted octanol–water partition coefficient (Wildman–Crippen LogP) is 24.8. The van der Waals surface area contributed by atoms with Gasteiger partial charge in [0.15, 0.2) is 28.2 Å². The second-order valence-corrected chi connectivity index (χ2v) is 49.6. The topological polar surface area (TPSA) is 166 Å². The molecule has 8 heterocycles. The van der Waals surface area contributed by atoms with Gasteiger partial charge in [0.2, 0.25) is 0 Å². The maximum Gasteiger partial charge on any atom is 0.192 e. The number of aliphatic hydroxyl groups excluding tert-OH is 4. The molecule has 16 rings (SSSR count). The van der Waals surface area contributed by atoms with E-state index >= 15 is 0 Å². The molecular weight excluding hydrogens is 1690 g/mol. The Labute approximate surface area is 769 Å². The van der Waals surface area contributed by atoms with Gasteiger partial charge in [-0.25, -0.2) is 0 Å². The Hall–Kier alpha value is -7.55. The summed E-state index contributed by atoms with van der Waals surface area (Å²) < 4.78 is 21.7. The molecule has 8 aromatic carbocycles. The summed E-state index contributed by atoms with van der Waals surface area (Å²) >= 11 is 24.5. The lowest BCUT2D eigenvalue weighted by atomic mass is 10.0. The minimum Gasteiger partial charge on any atom is -0.413 e. The molecule has 0 saturated carbocycles. The first kappa shape index (κ1) is 96.0. The van der Waals surface area contributed by atoms with Gasteiger partial charge in [-0.1, -0.05) is 162 Å². The zero-order valence-electron chi connectivity index (χ0n) is 76.6. The maximum absolute atomic E-state index is 13.6. The standard InChI is InChI=1S/C29H41ClN2O2Si.C29H39ClN2O2Si.C23H27ClN2O2.C23H25ClN2O2/c2*1-21-28(27(33)19-31-16-8-7-9-17-31)25-15-10-22(20-34-35(5,6)29(2,3)4)18-26(25)32(21)24-13-11-23(30)12-14-24;2*1-16-23(22(28)14-25-11-3-2-4-12-25)20-10-5-17(15-27)13-21(20)26(16)19-8-6-18(24)7-9-19/h10-15,18,27,33H,7-9,16-17,19-20H2,1-6H3;10-15,18H,7-9,16-17,19-20H2,1-6H3;5-10,13,22,27-28H,2-4,11-12,14-15H2,1H3;5-10,13,27H,2-4,11-12,14-15H2,1H3. The number of aliphatic hydroxyl groups is 4. The van der Waals surface area contributed by atoms with Crippen molar-refractivity contribution in [2.75, 3.05) is 78.5 Å². The van der Waals surface area contributed by atoms with E-state index in [1.807, 2.05) is 140 Å². The van der Waals surface area contributed by atoms with Gasteiger partial charge in [0, 0.05) is 123 Å². The number of hydrogen-bond donors (Lipinski definition) is 4. The van der Waals surface area contributed by atoms with E-state index < -0.39 is 28.8 Å². The van der Waals surface area contributed by atoms with Crippen LogP contribution >= 0.6 is 46.4 Å². The fourth-order valence-corrected chi connectivity index (χ4v) is 20.6. The molecule has 0 aliphatic carbocycles. The Morgan fingerprint density at radius 3 is 0.873 bits per heavy atom. The molecule has 4 aliphatic rings. The molecule has 0 amide bonds. The van der Waals surface area contributed by atoms with E-state index in [9.17, 15) is 30.0 Å². The van der Waals surface area contributed by atoms with E-state index in [1.54, 1.807) is 0 Å². The molecule has 22 heteroatoms. The highest BCUT2D eigenvalue weighted by atomic mass is 35.5. The summed E-state index contributed by atoms with van der Waals surface area (Å²) in [7, 11) is -3.72. The number of nitrogens with zero attached hydrogens (tertiary/aromatic N) is 8. The van der Waals surface area contributed by atoms with Crippen LogP contribution in [0.3, 0.4) is 0 Å². The van der Waals surface area contributed by atoms with Crippen LogP contribution in [0.15, 0.2) is 170 Å². The van der Waals surface area contributed by atoms with Crippen LogP contribution in [0.25, 0.3) is 66.4 Å². The van der Waals surface area contributed by atoms with Crippen molar-refractivity contribution in [2.24, 2.45) is 0 Å². The summed E-state index contributed by atoms with van der Waals surface area (Å²) in [6.45, 7) is 42.7. The Morgan fingerprint density at radius 1 is 0.349 bits per heavy atom. The van der Waals surface area contributed by atoms with E-state index in [0.29, 0.717) is 54.5 Å². The molecule has 2 unspecified atom stereocenters. The first-order valence-electron chi connectivity index (χ1n) is 45.5. The maximum atomic E-state index is 13.6. The van der Waals surface area contributed by atoms with Crippen LogP contribution in [0.2, 0.25) is 56.4 Å². The predicted molar refractivity (Wildman–Crippen MR) is 528 cm³/mol. The molecular formula is C104H132Cl4N8O8Si2. The van der Waals surface area contributed by atoms with Gasteiger partial charge in [-0.15, -0.1) is 0 Å². The minimum absolute atomic E-state index is 0.00749. The number of carbonyl (C=O) groups excluding carboxylic acids is 2. The number of Topliss-reactive ketones (excluding diaryl/α,β-unsaturated/α-hetero) is 2. The number of benzene rings is 8. The third kappa shape index (κ3) is 22.5. The number of hydrogen-bond acceptors (Lipinski definition) is 12. The third-order valence-electron chi connectivity index (χ3n) is 27.3. The van der Waals surface area contributed by atoms with Crippen LogP contribution in [-0.2, 0) is 35.3 Å². The highest BCUT2D eigenvalue weighted by Gasteiger charge is 2.39. The lowest BCUT2D eigenvalue weighted by molar-refractivity contribution is 0.0909. The van der Waals surface area contributed by atoms with Crippen molar-refractivity contribution >= 4 is 118 Å². The summed E-state index contributed by atoms with van der Waals surface area (Å²) in [4.78, 5) is 36.2. The number of piperidine rings is 4. The molecule has 672 valence electrons. The van der Waals surface area contributed by atoms with E-state index in [1.165, 1.54) is 77.0 Å². The van der Waals surface area contributed by atoms with Gasteiger partial charge in [0.1, 0.15) is 0 Å². The van der Waals surface area contributed by atoms with Crippen molar-refractivity contribution in [1.82, 2.24) is 37.9 Å². The molecule has 126 heavy (non-hydrogen) atoms. The number of carbonyl (C=O) groups is 2. The fourth-order valence-electron chi connectivity index (χ4n) is 18.2. The summed E-state index contributed by atoms with van der Waals surface area (Å²) in [6, 6.07) is 56.0. The van der Waals surface area contributed by atoms with Gasteiger partial charge >= 0.3 is 0 Å². The number of fused-ring (bicyclic) bond motifs is 4. The number of aromatic nitrogens is 4. The van der Waals surface area contributed by atoms with Gasteiger partial charge < -0.3 is 57.3 Å². The average molecular weight is 1820 g/mol. The van der Waals surface area contributed by atoms with E-state index in [4.69, 9.17) is 55.3 Å². The van der Waals surface area contributed by atoms with Crippen LogP contribution < -0.4 is 0 Å². The third-order valence-corrected chi connectivity index (χ3v) is 37.3. The van der Waals surface area contributed by atoms with Crippen LogP contribution in [0.4, 0.5) is 0 Å². The second-order valence-electron chi connectivity index (χ2n) is 38.3. The molecule has 4 fully saturated rings. The first-order valence-corrected chi connectivity index (χ1v) is 52.9. The fraction of sp³-hybridized carbons (Fsp3) is 0.442. The molecule has 2 atom stereocenters. The van der Waals surface area contributed by atoms with Gasteiger partial charge in [0.05, 0.1) is 73.8 Å². The SMILES string of the molecule is Cc1c(C(=O)CN2CCCCC2)c2ccc(CO)cc2n1-c1ccc(Cl)cc1.Cc1c(C(=O)CN2CCCCC2)c2ccc(CO[Si](C)(C)C(C)(C)C)cc2n1-c1ccc(Cl)cc1.Cc1c(C(O)CN2CCCCC2)c2ccc(CO)cc2n1-c1ccc(Cl)cc1.Cc1c(C(O)CN2CCCCC2)c2ccc(CO[Si](C)(C)C(C)(C)C)cc2n1-c1ccc(Cl)cc1. The largest absolute Gasteiger partial charge is 0.413 e. The van der Waals surface area contributed by atoms with Crippen LogP contribution in [0, 0.1) is 27.7 Å². The van der Waals surface area contributed by atoms with Crippen molar-refractivity contribution in [1.29, 1.82) is 0 Å². The summed E-state index contributed by atoms with van der Waals surface area (Å²) in [6.07, 6.45) is 13.6. The smallest absolute Gasteiger partial charge is 0.192 e. The molecule has 12 aromatic rings. The summed E-state index contributed by atoms with van der Waals surface area (Å²) in [5.41, 5.74) is 19.7. The highest BCUT2D eigenvalue weighted by molar-refractivity contribution is 6.74. The zero-order valence-corrected chi connectivity index (χ0v) is 81.7. The van der Waals surface area contributed by atoms with Crippen LogP contribution in [-0.4, -0.2) is 165 Å². The van der Waals surface area contributed by atoms with Gasteiger partial charge in [0.25, 0.3) is 0 Å². The molecule has 0 radical (unpaired) electrons. The number of rotatable bonds is 24. The Bertz CT molecular complexity index is 5720. The Kier molecular flexibility index (Phi) is 32.1. The van der Waals surface area contributed by atoms with Gasteiger partial charge in [-0.2, -0.15) is 0 Å². The average Bonchev–Trinajstić information content (AvgIpc) is 1.61. The Morgan fingerprint density at radius 2 is 0.595 bits per heavy atom. The normalized spacial score (nSPS) is 16.0. The van der Waals surface area contributed by atoms with Crippen LogP contribution in [0.1, 0.15) is 208 Å². The molecule has 4 aromatic heterocycles. The lowest BCUT2D eigenvalue weighted by Gasteiger charge is -2.36. The second kappa shape index (κ2) is 42.1. The number of halogens is 4. The molecule has 4 saturated heterocycles. The molecule has 0 spiro atoms. The van der Waals surface area contributed by atoms with E-state index in [-0.39, 0.29) is 34.9 Å². The van der Waals surface area contributed by atoms with Crippen molar-refractivity contribution < 1.29 is 38.9 Å². The highest BCUT2D eigenvalue weighted by Crippen LogP contribution is 2.43. The van der Waals surface area contributed by atoms with E-state index in [2.05, 4.69) is 163 Å². The number of β-amino-alcohol motifs (C(OH)–C–C–N with tert-alkyl or cyclic N) is 2. The number of ketones is 2. The lowest BCUT2D eigenvalue weighted by Crippen LogP contribution is -2.40. The quantitative estimate of drug-likeness (QED) is 0.0335. The minimum atomic E-state index is -1.87. The van der Waals surface area contributed by atoms with Crippen molar-refractivity contribution in [3.8, 4) is 22.7 Å². The van der Waals surface area contributed by atoms with Gasteiger partial charge in [-0.3, -0.25) is 19.4 Å². The first-order chi connectivity index (χ1) is 60.1. The summed E-state index contributed by atoms with van der Waals surface area (Å²) in [5.74, 6) is 0.362. The van der Waals surface area contributed by atoms with Crippen molar-refractivity contribution in [3.05, 3.63) is 257 Å². The van der Waals surface area contributed by atoms with E-state index in [0.717, 1.165) is 191 Å². The zero-order chi connectivity index (χ0) is 90.1. The molecule has 0 bridgehead atoms.